The topological polar surface area (TPSA) is 91.6 Å². The number of hydrogen-bond acceptors (Lipinski definition) is 6. The number of nitrogens with one attached hydrogen (secondary N) is 1. The van der Waals surface area contributed by atoms with Crippen LogP contribution in [0, 0.1) is 5.92 Å². The SMILES string of the molecule is CCc1noc(CN2CCCC(C3(C)NC(=O)N(C)C3=O)C2)n1. The molecule has 8 nitrogen and oxygen atoms in total. The zero-order chi connectivity index (χ0) is 16.6. The van der Waals surface area contributed by atoms with Crippen molar-refractivity contribution < 1.29 is 14.1 Å². The van der Waals surface area contributed by atoms with Crippen LogP contribution in [-0.2, 0) is 17.8 Å². The highest BCUT2D eigenvalue weighted by Crippen LogP contribution is 2.32. The normalized spacial score (nSPS) is 29.2. The minimum Gasteiger partial charge on any atom is -0.338 e. The lowest BCUT2D eigenvalue weighted by Crippen LogP contribution is -2.55. The van der Waals surface area contributed by atoms with Crippen molar-refractivity contribution in [3.05, 3.63) is 11.7 Å². The molecule has 0 bridgehead atoms. The lowest BCUT2D eigenvalue weighted by Gasteiger charge is -2.39. The fourth-order valence-corrected chi connectivity index (χ4v) is 3.44. The summed E-state index contributed by atoms with van der Waals surface area (Å²) in [5.74, 6) is 1.23. The minimum atomic E-state index is -0.825. The number of hydrogen-bond donors (Lipinski definition) is 1. The average molecular weight is 321 g/mol. The van der Waals surface area contributed by atoms with Gasteiger partial charge in [-0.15, -0.1) is 0 Å². The van der Waals surface area contributed by atoms with Crippen LogP contribution in [0.2, 0.25) is 0 Å². The Morgan fingerprint density at radius 1 is 1.43 bits per heavy atom. The van der Waals surface area contributed by atoms with Gasteiger partial charge in [-0.25, -0.2) is 4.79 Å². The largest absolute Gasteiger partial charge is 0.338 e. The van der Waals surface area contributed by atoms with Crippen molar-refractivity contribution in [2.45, 2.75) is 45.2 Å². The maximum Gasteiger partial charge on any atom is 0.324 e. The fraction of sp³-hybridized carbons (Fsp3) is 0.733. The molecule has 2 fully saturated rings. The Morgan fingerprint density at radius 2 is 2.22 bits per heavy atom. The summed E-state index contributed by atoms with van der Waals surface area (Å²) in [5, 5.41) is 6.77. The Bertz CT molecular complexity index is 616. The number of likely N-dealkylation sites (tertiary alicyclic amines) is 1. The number of nitrogens with zero attached hydrogens (tertiary/aromatic N) is 4. The molecule has 0 aromatic carbocycles. The molecule has 23 heavy (non-hydrogen) atoms. The third-order valence-electron chi connectivity index (χ3n) is 4.93. The van der Waals surface area contributed by atoms with Crippen LogP contribution in [-0.4, -0.2) is 57.6 Å². The van der Waals surface area contributed by atoms with Crippen LogP contribution in [0.5, 0.6) is 0 Å². The molecule has 1 aromatic rings. The second-order valence-electron chi connectivity index (χ2n) is 6.53. The van der Waals surface area contributed by atoms with Crippen LogP contribution < -0.4 is 5.32 Å². The summed E-state index contributed by atoms with van der Waals surface area (Å²) >= 11 is 0. The van der Waals surface area contributed by atoms with E-state index in [-0.39, 0.29) is 17.9 Å². The van der Waals surface area contributed by atoms with E-state index in [1.807, 2.05) is 13.8 Å². The number of aryl methyl sites for hydroxylation is 1. The van der Waals surface area contributed by atoms with Crippen LogP contribution in [0.15, 0.2) is 4.52 Å². The molecule has 0 radical (unpaired) electrons. The first-order valence-corrected chi connectivity index (χ1v) is 8.08. The molecule has 126 valence electrons. The summed E-state index contributed by atoms with van der Waals surface area (Å²) in [4.78, 5) is 31.9. The monoisotopic (exact) mass is 321 g/mol. The molecule has 1 aromatic heterocycles. The minimum absolute atomic E-state index is 0.0752. The molecular weight excluding hydrogens is 298 g/mol. The van der Waals surface area contributed by atoms with Gasteiger partial charge in [-0.1, -0.05) is 12.1 Å². The standard InChI is InChI=1S/C15H23N5O3/c1-4-11-16-12(23-18-11)9-20-7-5-6-10(8-20)15(2)13(21)19(3)14(22)17-15/h10H,4-9H2,1-3H3,(H,17,22). The number of likely N-dealkylation sites (N-methyl/N-ethyl adjacent to an activating group) is 1. The lowest BCUT2D eigenvalue weighted by atomic mass is 9.80. The molecule has 0 saturated carbocycles. The molecule has 2 unspecified atom stereocenters. The van der Waals surface area contributed by atoms with Gasteiger partial charge in [0.2, 0.25) is 5.89 Å². The zero-order valence-corrected chi connectivity index (χ0v) is 13.8. The van der Waals surface area contributed by atoms with Crippen molar-refractivity contribution in [3.8, 4) is 0 Å². The van der Waals surface area contributed by atoms with E-state index in [0.717, 1.165) is 32.4 Å². The molecular formula is C15H23N5O3. The van der Waals surface area contributed by atoms with E-state index in [0.29, 0.717) is 18.3 Å². The summed E-state index contributed by atoms with van der Waals surface area (Å²) in [5.41, 5.74) is -0.825. The van der Waals surface area contributed by atoms with E-state index in [9.17, 15) is 9.59 Å². The maximum absolute atomic E-state index is 12.4. The predicted molar refractivity (Wildman–Crippen MR) is 81.4 cm³/mol. The van der Waals surface area contributed by atoms with Gasteiger partial charge in [0.1, 0.15) is 5.54 Å². The third-order valence-corrected chi connectivity index (χ3v) is 4.93. The van der Waals surface area contributed by atoms with Gasteiger partial charge in [-0.3, -0.25) is 14.6 Å². The fourth-order valence-electron chi connectivity index (χ4n) is 3.44. The van der Waals surface area contributed by atoms with Gasteiger partial charge in [-0.05, 0) is 26.3 Å². The van der Waals surface area contributed by atoms with Crippen LogP contribution in [0.1, 0.15) is 38.4 Å². The lowest BCUT2D eigenvalue weighted by molar-refractivity contribution is -0.132. The van der Waals surface area contributed by atoms with E-state index in [2.05, 4.69) is 20.4 Å². The number of rotatable bonds is 4. The summed E-state index contributed by atoms with van der Waals surface area (Å²) in [6, 6.07) is -0.320. The highest BCUT2D eigenvalue weighted by Gasteiger charge is 2.51. The number of carbonyl (C=O) groups excluding carboxylic acids is 2. The number of aromatic nitrogens is 2. The average Bonchev–Trinajstić information content (AvgIpc) is 3.07. The highest BCUT2D eigenvalue weighted by molar-refractivity contribution is 6.06. The Balaban J connectivity index is 1.68. The van der Waals surface area contributed by atoms with Gasteiger partial charge in [0, 0.05) is 25.9 Å². The number of urea groups is 1. The van der Waals surface area contributed by atoms with E-state index in [4.69, 9.17) is 4.52 Å². The maximum atomic E-state index is 12.4. The third kappa shape index (κ3) is 2.83. The number of carbonyl (C=O) groups is 2. The Kier molecular flexibility index (Phi) is 4.09. The molecule has 2 saturated heterocycles. The van der Waals surface area contributed by atoms with Gasteiger partial charge in [-0.2, -0.15) is 4.98 Å². The molecule has 0 aliphatic carbocycles. The Labute approximate surface area is 135 Å². The van der Waals surface area contributed by atoms with Crippen LogP contribution in [0.3, 0.4) is 0 Å². The highest BCUT2D eigenvalue weighted by atomic mass is 16.5. The summed E-state index contributed by atoms with van der Waals surface area (Å²) in [6.07, 6.45) is 2.63. The molecule has 3 rings (SSSR count). The first kappa shape index (κ1) is 15.9. The molecule has 2 aliphatic rings. The van der Waals surface area contributed by atoms with Crippen molar-refractivity contribution >= 4 is 11.9 Å². The Hall–Kier alpha value is -1.96. The quantitative estimate of drug-likeness (QED) is 0.824. The van der Waals surface area contributed by atoms with E-state index >= 15 is 0 Å². The first-order valence-electron chi connectivity index (χ1n) is 8.08. The molecule has 3 amide bonds. The summed E-state index contributed by atoms with van der Waals surface area (Å²) in [7, 11) is 1.52. The summed E-state index contributed by atoms with van der Waals surface area (Å²) < 4.78 is 5.25. The van der Waals surface area contributed by atoms with E-state index in [1.54, 1.807) is 0 Å². The molecule has 2 aliphatic heterocycles. The van der Waals surface area contributed by atoms with Crippen molar-refractivity contribution in [2.75, 3.05) is 20.1 Å². The second kappa shape index (κ2) is 5.92. The van der Waals surface area contributed by atoms with Gasteiger partial charge < -0.3 is 9.84 Å². The van der Waals surface area contributed by atoms with Crippen molar-refractivity contribution in [1.29, 1.82) is 0 Å². The Morgan fingerprint density at radius 3 is 2.83 bits per heavy atom. The number of piperidine rings is 1. The number of amides is 3. The zero-order valence-electron chi connectivity index (χ0n) is 13.8. The van der Waals surface area contributed by atoms with Crippen LogP contribution in [0.25, 0.3) is 0 Å². The number of imide groups is 1. The first-order chi connectivity index (χ1) is 10.9. The molecule has 8 heteroatoms. The molecule has 3 heterocycles. The van der Waals surface area contributed by atoms with Gasteiger partial charge >= 0.3 is 6.03 Å². The van der Waals surface area contributed by atoms with Crippen molar-refractivity contribution in [2.24, 2.45) is 5.92 Å². The van der Waals surface area contributed by atoms with E-state index in [1.165, 1.54) is 11.9 Å². The second-order valence-corrected chi connectivity index (χ2v) is 6.53. The van der Waals surface area contributed by atoms with Gasteiger partial charge in [0.25, 0.3) is 5.91 Å². The molecule has 0 spiro atoms. The smallest absolute Gasteiger partial charge is 0.324 e. The molecule has 2 atom stereocenters. The molecule has 1 N–H and O–H groups in total. The van der Waals surface area contributed by atoms with Crippen molar-refractivity contribution in [1.82, 2.24) is 25.3 Å². The van der Waals surface area contributed by atoms with Gasteiger partial charge in [0.15, 0.2) is 5.82 Å². The van der Waals surface area contributed by atoms with Crippen molar-refractivity contribution in [3.63, 3.8) is 0 Å². The van der Waals surface area contributed by atoms with E-state index < -0.39 is 5.54 Å². The van der Waals surface area contributed by atoms with Crippen LogP contribution in [0.4, 0.5) is 4.79 Å². The van der Waals surface area contributed by atoms with Crippen LogP contribution >= 0.6 is 0 Å². The summed E-state index contributed by atoms with van der Waals surface area (Å²) in [6.45, 7) is 6.04. The van der Waals surface area contributed by atoms with Gasteiger partial charge in [0.05, 0.1) is 6.54 Å². The predicted octanol–water partition coefficient (Wildman–Crippen LogP) is 0.784.